The van der Waals surface area contributed by atoms with E-state index in [1.54, 1.807) is 47.7 Å². The van der Waals surface area contributed by atoms with Gasteiger partial charge < -0.3 is 9.88 Å². The van der Waals surface area contributed by atoms with Crippen LogP contribution in [0.4, 0.5) is 4.39 Å². The molecular formula is C18H18FN5O. The number of nitrogens with zero attached hydrogens (tertiary/aromatic N) is 4. The second-order valence-electron chi connectivity index (χ2n) is 5.67. The molecule has 25 heavy (non-hydrogen) atoms. The molecule has 0 fully saturated rings. The van der Waals surface area contributed by atoms with Crippen LogP contribution >= 0.6 is 0 Å². The predicted octanol–water partition coefficient (Wildman–Crippen LogP) is 2.21. The molecule has 0 aliphatic heterocycles. The zero-order valence-electron chi connectivity index (χ0n) is 13.9. The summed E-state index contributed by atoms with van der Waals surface area (Å²) in [5, 5.41) is 6.96. The third kappa shape index (κ3) is 4.00. The lowest BCUT2D eigenvalue weighted by Crippen LogP contribution is -2.29. The molecule has 0 bridgehead atoms. The molecule has 1 aromatic carbocycles. The van der Waals surface area contributed by atoms with E-state index in [0.717, 1.165) is 11.1 Å². The van der Waals surface area contributed by atoms with Gasteiger partial charge in [0.2, 0.25) is 5.91 Å². The molecule has 1 atom stereocenters. The maximum Gasteiger partial charge on any atom is 0.244 e. The fourth-order valence-corrected chi connectivity index (χ4v) is 2.50. The second-order valence-corrected chi connectivity index (χ2v) is 5.67. The lowest BCUT2D eigenvalue weighted by molar-refractivity contribution is -0.117. The number of imidazole rings is 1. The highest BCUT2D eigenvalue weighted by Crippen LogP contribution is 2.20. The van der Waals surface area contributed by atoms with Crippen LogP contribution in [0.5, 0.6) is 0 Å². The van der Waals surface area contributed by atoms with Crippen molar-refractivity contribution in [1.29, 1.82) is 0 Å². The van der Waals surface area contributed by atoms with Gasteiger partial charge in [-0.25, -0.2) is 9.37 Å². The third-order valence-electron chi connectivity index (χ3n) is 3.76. The average Bonchev–Trinajstić information content (AvgIpc) is 3.20. The molecule has 0 radical (unpaired) electrons. The van der Waals surface area contributed by atoms with Gasteiger partial charge in [-0.05, 0) is 23.8 Å². The summed E-state index contributed by atoms with van der Waals surface area (Å²) < 4.78 is 16.7. The monoisotopic (exact) mass is 339 g/mol. The molecule has 128 valence electrons. The molecule has 0 aliphatic rings. The first-order valence-electron chi connectivity index (χ1n) is 7.73. The molecule has 3 aromatic rings. The summed E-state index contributed by atoms with van der Waals surface area (Å²) in [5.41, 5.74) is 1.58. The number of aromatic nitrogens is 4. The lowest BCUT2D eigenvalue weighted by Gasteiger charge is -2.18. The number of hydrogen-bond donors (Lipinski definition) is 1. The summed E-state index contributed by atoms with van der Waals surface area (Å²) in [6, 6.07) is 5.53. The minimum absolute atomic E-state index is 0.277. The van der Waals surface area contributed by atoms with Crippen LogP contribution in [-0.2, 0) is 18.9 Å². The van der Waals surface area contributed by atoms with Gasteiger partial charge in [0.05, 0.1) is 6.20 Å². The van der Waals surface area contributed by atoms with E-state index in [4.69, 9.17) is 0 Å². The minimum atomic E-state index is -0.480. The topological polar surface area (TPSA) is 64.7 Å². The van der Waals surface area contributed by atoms with E-state index >= 15 is 0 Å². The van der Waals surface area contributed by atoms with Crippen LogP contribution in [0.25, 0.3) is 6.08 Å². The summed E-state index contributed by atoms with van der Waals surface area (Å²) in [6.45, 7) is 0. The van der Waals surface area contributed by atoms with Crippen LogP contribution in [0.2, 0.25) is 0 Å². The highest BCUT2D eigenvalue weighted by molar-refractivity contribution is 5.92. The zero-order chi connectivity index (χ0) is 17.8. The van der Waals surface area contributed by atoms with Gasteiger partial charge in [-0.2, -0.15) is 5.10 Å². The minimum Gasteiger partial charge on any atom is -0.339 e. The maximum absolute atomic E-state index is 13.2. The molecule has 0 spiro atoms. The Balaban J connectivity index is 1.82. The number of halogens is 1. The molecule has 3 rings (SSSR count). The highest BCUT2D eigenvalue weighted by Gasteiger charge is 2.19. The van der Waals surface area contributed by atoms with Crippen molar-refractivity contribution < 1.29 is 9.18 Å². The van der Waals surface area contributed by atoms with Crippen molar-refractivity contribution in [2.75, 3.05) is 0 Å². The predicted molar refractivity (Wildman–Crippen MR) is 91.8 cm³/mol. The van der Waals surface area contributed by atoms with Crippen LogP contribution in [0.3, 0.4) is 0 Å². The first kappa shape index (κ1) is 16.6. The number of amides is 1. The van der Waals surface area contributed by atoms with E-state index in [0.29, 0.717) is 5.82 Å². The standard InChI is InChI=1S/C18H18FN5O/c1-23-10-9-20-18(23)17(14-4-6-15(19)7-5-14)22-16(25)8-3-13-11-21-24(2)12-13/h3-12,17H,1-2H3,(H,22,25)/b8-3+/t17-/m0/s1. The fourth-order valence-electron chi connectivity index (χ4n) is 2.50. The molecule has 2 heterocycles. The second kappa shape index (κ2) is 7.12. The fraction of sp³-hybridized carbons (Fsp3) is 0.167. The summed E-state index contributed by atoms with van der Waals surface area (Å²) >= 11 is 0. The molecule has 0 unspecified atom stereocenters. The van der Waals surface area contributed by atoms with E-state index in [-0.39, 0.29) is 11.7 Å². The quantitative estimate of drug-likeness (QED) is 0.725. The Morgan fingerprint density at radius 1 is 1.28 bits per heavy atom. The van der Waals surface area contributed by atoms with E-state index in [1.807, 2.05) is 18.7 Å². The molecule has 0 saturated carbocycles. The van der Waals surface area contributed by atoms with Gasteiger partial charge in [0, 0.05) is 44.3 Å². The Morgan fingerprint density at radius 3 is 2.64 bits per heavy atom. The first-order chi connectivity index (χ1) is 12.0. The van der Waals surface area contributed by atoms with Crippen LogP contribution in [-0.4, -0.2) is 25.2 Å². The van der Waals surface area contributed by atoms with Gasteiger partial charge in [0.15, 0.2) is 0 Å². The number of rotatable bonds is 5. The van der Waals surface area contributed by atoms with Gasteiger partial charge in [-0.1, -0.05) is 12.1 Å². The molecule has 1 amide bonds. The van der Waals surface area contributed by atoms with Crippen LogP contribution in [0.15, 0.2) is 55.1 Å². The van der Waals surface area contributed by atoms with E-state index in [9.17, 15) is 9.18 Å². The first-order valence-corrected chi connectivity index (χ1v) is 7.73. The van der Waals surface area contributed by atoms with Crippen molar-refractivity contribution >= 4 is 12.0 Å². The van der Waals surface area contributed by atoms with Gasteiger partial charge in [0.25, 0.3) is 0 Å². The molecule has 6 nitrogen and oxygen atoms in total. The van der Waals surface area contributed by atoms with E-state index in [1.165, 1.54) is 18.2 Å². The number of carbonyl (C=O) groups is 1. The molecule has 0 saturated heterocycles. The number of carbonyl (C=O) groups excluding carboxylic acids is 1. The van der Waals surface area contributed by atoms with Crippen LogP contribution in [0, 0.1) is 5.82 Å². The van der Waals surface area contributed by atoms with Crippen molar-refractivity contribution in [3.63, 3.8) is 0 Å². The third-order valence-corrected chi connectivity index (χ3v) is 3.76. The van der Waals surface area contributed by atoms with Crippen LogP contribution in [0.1, 0.15) is 23.0 Å². The number of nitrogens with one attached hydrogen (secondary N) is 1. The molecule has 0 aliphatic carbocycles. The van der Waals surface area contributed by atoms with Crippen LogP contribution < -0.4 is 5.32 Å². The average molecular weight is 339 g/mol. The maximum atomic E-state index is 13.2. The van der Waals surface area contributed by atoms with Crippen molar-refractivity contribution in [2.45, 2.75) is 6.04 Å². The van der Waals surface area contributed by atoms with Crippen molar-refractivity contribution in [1.82, 2.24) is 24.6 Å². The number of hydrogen-bond acceptors (Lipinski definition) is 3. The largest absolute Gasteiger partial charge is 0.339 e. The van der Waals surface area contributed by atoms with Gasteiger partial charge in [0.1, 0.15) is 17.7 Å². The SMILES string of the molecule is Cn1cc(/C=C/C(=O)N[C@@H](c2ccc(F)cc2)c2nccn2C)cn1. The Hall–Kier alpha value is -3.22. The van der Waals surface area contributed by atoms with Gasteiger partial charge >= 0.3 is 0 Å². The lowest BCUT2D eigenvalue weighted by atomic mass is 10.1. The van der Waals surface area contributed by atoms with E-state index < -0.39 is 6.04 Å². The van der Waals surface area contributed by atoms with Crippen molar-refractivity contribution in [3.05, 3.63) is 77.9 Å². The van der Waals surface area contributed by atoms with Crippen molar-refractivity contribution in [2.24, 2.45) is 14.1 Å². The Morgan fingerprint density at radius 2 is 2.04 bits per heavy atom. The van der Waals surface area contributed by atoms with Gasteiger partial charge in [-0.3, -0.25) is 9.48 Å². The summed E-state index contributed by atoms with van der Waals surface area (Å²) in [5.74, 6) is 0.0565. The zero-order valence-corrected chi connectivity index (χ0v) is 13.9. The van der Waals surface area contributed by atoms with Gasteiger partial charge in [-0.15, -0.1) is 0 Å². The molecule has 2 aromatic heterocycles. The Labute approximate surface area is 144 Å². The molecular weight excluding hydrogens is 321 g/mol. The smallest absolute Gasteiger partial charge is 0.244 e. The van der Waals surface area contributed by atoms with E-state index in [2.05, 4.69) is 15.4 Å². The molecule has 7 heteroatoms. The summed E-state index contributed by atoms with van der Waals surface area (Å²) in [4.78, 5) is 16.7. The highest BCUT2D eigenvalue weighted by atomic mass is 19.1. The number of aryl methyl sites for hydroxylation is 2. The summed E-state index contributed by atoms with van der Waals surface area (Å²) in [6.07, 6.45) is 10.0. The Bertz CT molecular complexity index is 894. The summed E-state index contributed by atoms with van der Waals surface area (Å²) in [7, 11) is 3.65. The number of benzene rings is 1. The Kier molecular flexibility index (Phi) is 4.74. The van der Waals surface area contributed by atoms with Crippen molar-refractivity contribution in [3.8, 4) is 0 Å². The molecule has 1 N–H and O–H groups in total. The normalized spacial score (nSPS) is 12.4.